The second-order valence-electron chi connectivity index (χ2n) is 5.83. The number of hydrogen-bond donors (Lipinski definition) is 2. The predicted molar refractivity (Wildman–Crippen MR) is 76.6 cm³/mol. The van der Waals surface area contributed by atoms with Crippen LogP contribution in [0.2, 0.25) is 0 Å². The third-order valence-corrected chi connectivity index (χ3v) is 4.52. The number of rotatable bonds is 2. The monoisotopic (exact) mass is 260 g/mol. The zero-order valence-corrected chi connectivity index (χ0v) is 11.4. The van der Waals surface area contributed by atoms with E-state index in [-0.39, 0.29) is 5.82 Å². The van der Waals surface area contributed by atoms with Gasteiger partial charge in [0.1, 0.15) is 5.82 Å². The van der Waals surface area contributed by atoms with Crippen LogP contribution in [0.5, 0.6) is 0 Å². The molecule has 0 spiro atoms. The maximum atomic E-state index is 13.3. The van der Waals surface area contributed by atoms with E-state index >= 15 is 0 Å². The van der Waals surface area contributed by atoms with Crippen LogP contribution in [0.4, 0.5) is 4.39 Å². The fourth-order valence-electron chi connectivity index (χ4n) is 3.38. The summed E-state index contributed by atoms with van der Waals surface area (Å²) in [6.45, 7) is 2.07. The molecule has 1 saturated carbocycles. The van der Waals surface area contributed by atoms with Gasteiger partial charge in [0.05, 0.1) is 0 Å². The van der Waals surface area contributed by atoms with Crippen LogP contribution < -0.4 is 5.73 Å². The Morgan fingerprint density at radius 2 is 2.11 bits per heavy atom. The number of benzene rings is 1. The molecular weight excluding hydrogens is 239 g/mol. The van der Waals surface area contributed by atoms with Gasteiger partial charge >= 0.3 is 0 Å². The minimum Gasteiger partial charge on any atom is -0.358 e. The molecule has 3 heteroatoms. The molecule has 0 radical (unpaired) electrons. The Hall–Kier alpha value is -1.35. The SMILES string of the molecule is Cc1[nH]c2cc(F)ccc2c1CC1CCCCC1N. The van der Waals surface area contributed by atoms with Crippen LogP contribution in [0.25, 0.3) is 10.9 Å². The lowest BCUT2D eigenvalue weighted by Crippen LogP contribution is -2.34. The fraction of sp³-hybridized carbons (Fsp3) is 0.500. The molecule has 3 N–H and O–H groups in total. The number of halogens is 1. The van der Waals surface area contributed by atoms with Crippen molar-refractivity contribution in [1.82, 2.24) is 4.98 Å². The molecule has 1 aromatic heterocycles. The molecule has 1 aliphatic rings. The Morgan fingerprint density at radius 3 is 2.89 bits per heavy atom. The highest BCUT2D eigenvalue weighted by Gasteiger charge is 2.23. The number of hydrogen-bond acceptors (Lipinski definition) is 1. The predicted octanol–water partition coefficient (Wildman–Crippen LogP) is 3.68. The molecule has 2 nitrogen and oxygen atoms in total. The first-order chi connectivity index (χ1) is 9.15. The van der Waals surface area contributed by atoms with Gasteiger partial charge in [0.2, 0.25) is 0 Å². The number of aryl methyl sites for hydroxylation is 1. The van der Waals surface area contributed by atoms with Crippen molar-refractivity contribution in [2.45, 2.75) is 45.1 Å². The molecule has 0 amide bonds. The van der Waals surface area contributed by atoms with Crippen LogP contribution in [0.15, 0.2) is 18.2 Å². The van der Waals surface area contributed by atoms with Crippen molar-refractivity contribution in [2.75, 3.05) is 0 Å². The first-order valence-corrected chi connectivity index (χ1v) is 7.17. The summed E-state index contributed by atoms with van der Waals surface area (Å²) in [5.74, 6) is 0.381. The smallest absolute Gasteiger partial charge is 0.125 e. The topological polar surface area (TPSA) is 41.8 Å². The lowest BCUT2D eigenvalue weighted by atomic mass is 9.81. The fourth-order valence-corrected chi connectivity index (χ4v) is 3.38. The summed E-state index contributed by atoms with van der Waals surface area (Å²) >= 11 is 0. The molecule has 1 aliphatic carbocycles. The van der Waals surface area contributed by atoms with Gasteiger partial charge in [-0.15, -0.1) is 0 Å². The number of nitrogens with one attached hydrogen (secondary N) is 1. The average Bonchev–Trinajstić information content (AvgIpc) is 2.68. The van der Waals surface area contributed by atoms with E-state index in [9.17, 15) is 4.39 Å². The van der Waals surface area contributed by atoms with E-state index in [1.54, 1.807) is 12.1 Å². The summed E-state index contributed by atoms with van der Waals surface area (Å²) in [6.07, 6.45) is 5.91. The molecule has 2 unspecified atom stereocenters. The molecule has 0 saturated heterocycles. The number of fused-ring (bicyclic) bond motifs is 1. The summed E-state index contributed by atoms with van der Waals surface area (Å²) in [4.78, 5) is 3.29. The molecule has 1 aromatic carbocycles. The Labute approximate surface area is 113 Å². The maximum absolute atomic E-state index is 13.3. The number of H-pyrrole nitrogens is 1. The third kappa shape index (κ3) is 2.39. The van der Waals surface area contributed by atoms with E-state index in [2.05, 4.69) is 11.9 Å². The zero-order valence-electron chi connectivity index (χ0n) is 11.4. The molecule has 0 aliphatic heterocycles. The lowest BCUT2D eigenvalue weighted by molar-refractivity contribution is 0.306. The van der Waals surface area contributed by atoms with Gasteiger partial charge in [0.25, 0.3) is 0 Å². The Morgan fingerprint density at radius 1 is 1.32 bits per heavy atom. The van der Waals surface area contributed by atoms with Crippen molar-refractivity contribution in [3.63, 3.8) is 0 Å². The molecule has 1 fully saturated rings. The van der Waals surface area contributed by atoms with Gasteiger partial charge in [0.15, 0.2) is 0 Å². The molecule has 102 valence electrons. The normalized spacial score (nSPS) is 23.9. The van der Waals surface area contributed by atoms with Crippen LogP contribution in [0.1, 0.15) is 36.9 Å². The van der Waals surface area contributed by atoms with Crippen LogP contribution in [-0.4, -0.2) is 11.0 Å². The highest BCUT2D eigenvalue weighted by Crippen LogP contribution is 2.31. The van der Waals surface area contributed by atoms with Gasteiger partial charge in [-0.3, -0.25) is 0 Å². The van der Waals surface area contributed by atoms with Gasteiger partial charge < -0.3 is 10.7 Å². The summed E-state index contributed by atoms with van der Waals surface area (Å²) in [5.41, 5.74) is 9.61. The van der Waals surface area contributed by atoms with Gasteiger partial charge in [-0.05, 0) is 55.9 Å². The van der Waals surface area contributed by atoms with E-state index in [1.807, 2.05) is 6.07 Å². The zero-order chi connectivity index (χ0) is 13.4. The van der Waals surface area contributed by atoms with Crippen LogP contribution in [-0.2, 0) is 6.42 Å². The first kappa shape index (κ1) is 12.7. The second kappa shape index (κ2) is 4.97. The van der Waals surface area contributed by atoms with E-state index < -0.39 is 0 Å². The Kier molecular flexibility index (Phi) is 3.31. The summed E-state index contributed by atoms with van der Waals surface area (Å²) in [5, 5.41) is 1.15. The summed E-state index contributed by atoms with van der Waals surface area (Å²) in [7, 11) is 0. The highest BCUT2D eigenvalue weighted by atomic mass is 19.1. The molecule has 1 heterocycles. The number of aromatic nitrogens is 1. The minimum absolute atomic E-state index is 0.185. The molecular formula is C16H21FN2. The summed E-state index contributed by atoms with van der Waals surface area (Å²) < 4.78 is 13.3. The van der Waals surface area contributed by atoms with Crippen molar-refractivity contribution in [3.8, 4) is 0 Å². The van der Waals surface area contributed by atoms with Crippen molar-refractivity contribution in [1.29, 1.82) is 0 Å². The van der Waals surface area contributed by atoms with Gasteiger partial charge in [-0.2, -0.15) is 0 Å². The van der Waals surface area contributed by atoms with Gasteiger partial charge in [-0.25, -0.2) is 4.39 Å². The van der Waals surface area contributed by atoms with Crippen molar-refractivity contribution >= 4 is 10.9 Å². The van der Waals surface area contributed by atoms with E-state index in [1.165, 1.54) is 24.8 Å². The number of aromatic amines is 1. The van der Waals surface area contributed by atoms with Crippen LogP contribution >= 0.6 is 0 Å². The summed E-state index contributed by atoms with van der Waals surface area (Å²) in [6, 6.07) is 5.32. The van der Waals surface area contributed by atoms with Crippen LogP contribution in [0, 0.1) is 18.7 Å². The number of nitrogens with two attached hydrogens (primary N) is 1. The molecule has 19 heavy (non-hydrogen) atoms. The van der Waals surface area contributed by atoms with Crippen molar-refractivity contribution < 1.29 is 4.39 Å². The van der Waals surface area contributed by atoms with Crippen LogP contribution in [0.3, 0.4) is 0 Å². The minimum atomic E-state index is -0.185. The Balaban J connectivity index is 1.93. The molecule has 2 atom stereocenters. The molecule has 2 aromatic rings. The highest BCUT2D eigenvalue weighted by molar-refractivity contribution is 5.84. The maximum Gasteiger partial charge on any atom is 0.125 e. The Bertz CT molecular complexity index is 588. The van der Waals surface area contributed by atoms with E-state index in [0.29, 0.717) is 12.0 Å². The molecule has 3 rings (SSSR count). The van der Waals surface area contributed by atoms with Gasteiger partial charge in [0, 0.05) is 22.6 Å². The molecule has 0 bridgehead atoms. The largest absolute Gasteiger partial charge is 0.358 e. The van der Waals surface area contributed by atoms with Crippen molar-refractivity contribution in [3.05, 3.63) is 35.3 Å². The lowest BCUT2D eigenvalue weighted by Gasteiger charge is -2.28. The second-order valence-corrected chi connectivity index (χ2v) is 5.83. The first-order valence-electron chi connectivity index (χ1n) is 7.17. The average molecular weight is 260 g/mol. The quantitative estimate of drug-likeness (QED) is 0.850. The standard InChI is InChI=1S/C16H21FN2/c1-10-14(8-11-4-2-3-5-15(11)18)13-7-6-12(17)9-16(13)19-10/h6-7,9,11,15,19H,2-5,8,18H2,1H3. The van der Waals surface area contributed by atoms with E-state index in [4.69, 9.17) is 5.73 Å². The van der Waals surface area contributed by atoms with E-state index in [0.717, 1.165) is 29.4 Å². The van der Waals surface area contributed by atoms with Crippen molar-refractivity contribution in [2.24, 2.45) is 11.7 Å². The third-order valence-electron chi connectivity index (χ3n) is 4.52. The van der Waals surface area contributed by atoms with Gasteiger partial charge in [-0.1, -0.05) is 12.8 Å².